The van der Waals surface area contributed by atoms with E-state index in [2.05, 4.69) is 36.3 Å². The molecule has 0 saturated heterocycles. The Kier molecular flexibility index (Phi) is 10.7. The van der Waals surface area contributed by atoms with Gasteiger partial charge in [-0.1, -0.05) is 59.3 Å². The van der Waals surface area contributed by atoms with Gasteiger partial charge in [0.05, 0.1) is 0 Å². The predicted molar refractivity (Wildman–Crippen MR) is 93.0 cm³/mol. The highest BCUT2D eigenvalue weighted by molar-refractivity contribution is 7.11. The fourth-order valence-corrected chi connectivity index (χ4v) is 3.20. The van der Waals surface area contributed by atoms with Gasteiger partial charge in [-0.25, -0.2) is 0 Å². The number of nitrogens with one attached hydrogen (secondary N) is 1. The normalized spacial score (nSPS) is 11.4. The van der Waals surface area contributed by atoms with Gasteiger partial charge in [-0.15, -0.1) is 21.5 Å². The molecular weight excluding hydrogens is 278 g/mol. The van der Waals surface area contributed by atoms with E-state index in [0.717, 1.165) is 25.9 Å². The predicted octanol–water partition coefficient (Wildman–Crippen LogP) is 4.62. The van der Waals surface area contributed by atoms with E-state index in [4.69, 9.17) is 0 Å². The molecule has 0 atom stereocenters. The molecule has 0 bridgehead atoms. The molecule has 1 rings (SSSR count). The minimum atomic E-state index is 0.715. The molecule has 0 aliphatic heterocycles. The Labute approximate surface area is 135 Å². The van der Waals surface area contributed by atoms with E-state index in [-0.39, 0.29) is 0 Å². The quantitative estimate of drug-likeness (QED) is 0.540. The summed E-state index contributed by atoms with van der Waals surface area (Å²) in [6, 6.07) is 0. The molecule has 0 saturated carbocycles. The van der Waals surface area contributed by atoms with Crippen molar-refractivity contribution in [3.05, 3.63) is 10.0 Å². The Hall–Kier alpha value is -0.480. The number of rotatable bonds is 13. The van der Waals surface area contributed by atoms with E-state index >= 15 is 0 Å². The lowest BCUT2D eigenvalue weighted by Crippen LogP contribution is -2.22. The molecule has 3 nitrogen and oxygen atoms in total. The molecule has 0 spiro atoms. The molecule has 0 fully saturated rings. The number of hydrogen-bond acceptors (Lipinski definition) is 4. The second-order valence-corrected chi connectivity index (χ2v) is 7.46. The molecular formula is C17H33N3S. The van der Waals surface area contributed by atoms with Crippen LogP contribution in [0, 0.1) is 5.92 Å². The van der Waals surface area contributed by atoms with Gasteiger partial charge in [-0.05, 0) is 18.9 Å². The maximum Gasteiger partial charge on any atom is 0.118 e. The average molecular weight is 312 g/mol. The van der Waals surface area contributed by atoms with Crippen LogP contribution in [0.5, 0.6) is 0 Å². The third-order valence-electron chi connectivity index (χ3n) is 3.57. The molecule has 1 aromatic heterocycles. The third-order valence-corrected chi connectivity index (χ3v) is 4.61. The number of aryl methyl sites for hydroxylation is 1. The minimum absolute atomic E-state index is 0.715. The smallest absolute Gasteiger partial charge is 0.118 e. The summed E-state index contributed by atoms with van der Waals surface area (Å²) in [6.45, 7) is 8.84. The molecule has 1 aromatic rings. The van der Waals surface area contributed by atoms with Gasteiger partial charge in [0.1, 0.15) is 10.0 Å². The second kappa shape index (κ2) is 12.1. The van der Waals surface area contributed by atoms with E-state index in [1.807, 2.05) is 0 Å². The molecule has 0 aliphatic rings. The standard InChI is InChI=1S/C17H33N3S/c1-4-5-6-7-8-9-10-11-16-19-20-17(21-16)12-13-18-14-15(2)3/h15,18H,4-14H2,1-3H3. The van der Waals surface area contributed by atoms with Gasteiger partial charge in [0.2, 0.25) is 0 Å². The Morgan fingerprint density at radius 1 is 0.905 bits per heavy atom. The van der Waals surface area contributed by atoms with Crippen molar-refractivity contribution in [1.82, 2.24) is 15.5 Å². The summed E-state index contributed by atoms with van der Waals surface area (Å²) in [4.78, 5) is 0. The third kappa shape index (κ3) is 9.97. The van der Waals surface area contributed by atoms with Crippen LogP contribution in [0.25, 0.3) is 0 Å². The zero-order valence-corrected chi connectivity index (χ0v) is 15.0. The van der Waals surface area contributed by atoms with Gasteiger partial charge in [0.25, 0.3) is 0 Å². The Balaban J connectivity index is 2.03. The van der Waals surface area contributed by atoms with Crippen LogP contribution in [-0.2, 0) is 12.8 Å². The van der Waals surface area contributed by atoms with E-state index in [9.17, 15) is 0 Å². The zero-order chi connectivity index (χ0) is 15.3. The Morgan fingerprint density at radius 2 is 1.52 bits per heavy atom. The maximum atomic E-state index is 4.32. The molecule has 4 heteroatoms. The number of unbranched alkanes of at least 4 members (excludes halogenated alkanes) is 6. The first-order valence-corrected chi connectivity index (χ1v) is 9.56. The SMILES string of the molecule is CCCCCCCCCc1nnc(CCNCC(C)C)s1. The monoisotopic (exact) mass is 311 g/mol. The lowest BCUT2D eigenvalue weighted by atomic mass is 10.1. The van der Waals surface area contributed by atoms with E-state index in [0.29, 0.717) is 5.92 Å². The summed E-state index contributed by atoms with van der Waals surface area (Å²) in [5.41, 5.74) is 0. The van der Waals surface area contributed by atoms with Gasteiger partial charge in [0.15, 0.2) is 0 Å². The summed E-state index contributed by atoms with van der Waals surface area (Å²) in [5, 5.41) is 14.5. The van der Waals surface area contributed by atoms with Crippen LogP contribution in [0.15, 0.2) is 0 Å². The van der Waals surface area contributed by atoms with Crippen molar-refractivity contribution in [3.8, 4) is 0 Å². The van der Waals surface area contributed by atoms with E-state index in [1.165, 1.54) is 55.0 Å². The topological polar surface area (TPSA) is 37.8 Å². The fraction of sp³-hybridized carbons (Fsp3) is 0.882. The van der Waals surface area contributed by atoms with Gasteiger partial charge < -0.3 is 5.32 Å². The summed E-state index contributed by atoms with van der Waals surface area (Å²) in [6.07, 6.45) is 11.7. The van der Waals surface area contributed by atoms with Crippen LogP contribution in [0.2, 0.25) is 0 Å². The van der Waals surface area contributed by atoms with Crippen LogP contribution in [0.3, 0.4) is 0 Å². The first kappa shape index (κ1) is 18.6. The van der Waals surface area contributed by atoms with Gasteiger partial charge in [-0.2, -0.15) is 0 Å². The van der Waals surface area contributed by atoms with Crippen LogP contribution in [-0.4, -0.2) is 23.3 Å². The highest BCUT2D eigenvalue weighted by Crippen LogP contribution is 2.14. The number of aromatic nitrogens is 2. The molecule has 122 valence electrons. The second-order valence-electron chi connectivity index (χ2n) is 6.31. The van der Waals surface area contributed by atoms with Gasteiger partial charge >= 0.3 is 0 Å². The van der Waals surface area contributed by atoms with Crippen LogP contribution in [0.4, 0.5) is 0 Å². The Bertz CT molecular complexity index is 350. The molecule has 0 radical (unpaired) electrons. The molecule has 21 heavy (non-hydrogen) atoms. The molecule has 0 aromatic carbocycles. The molecule has 0 unspecified atom stereocenters. The molecule has 0 amide bonds. The summed E-state index contributed by atoms with van der Waals surface area (Å²) in [5.74, 6) is 0.715. The van der Waals surface area contributed by atoms with Crippen LogP contribution >= 0.6 is 11.3 Å². The zero-order valence-electron chi connectivity index (χ0n) is 14.2. The number of nitrogens with zero attached hydrogens (tertiary/aromatic N) is 2. The first-order valence-electron chi connectivity index (χ1n) is 8.74. The van der Waals surface area contributed by atoms with E-state index in [1.54, 1.807) is 11.3 Å². The summed E-state index contributed by atoms with van der Waals surface area (Å²) in [7, 11) is 0. The van der Waals surface area contributed by atoms with Gasteiger partial charge in [0, 0.05) is 19.4 Å². The summed E-state index contributed by atoms with van der Waals surface area (Å²) >= 11 is 1.80. The average Bonchev–Trinajstić information content (AvgIpc) is 2.90. The van der Waals surface area contributed by atoms with Crippen molar-refractivity contribution >= 4 is 11.3 Å². The molecule has 1 N–H and O–H groups in total. The maximum absolute atomic E-state index is 4.32. The van der Waals surface area contributed by atoms with Crippen LogP contribution < -0.4 is 5.32 Å². The van der Waals surface area contributed by atoms with Crippen molar-refractivity contribution in [1.29, 1.82) is 0 Å². The van der Waals surface area contributed by atoms with Crippen molar-refractivity contribution in [2.45, 2.75) is 78.6 Å². The largest absolute Gasteiger partial charge is 0.316 e. The van der Waals surface area contributed by atoms with Crippen molar-refractivity contribution in [2.75, 3.05) is 13.1 Å². The molecule has 0 aliphatic carbocycles. The molecule has 1 heterocycles. The lowest BCUT2D eigenvalue weighted by molar-refractivity contribution is 0.553. The van der Waals surface area contributed by atoms with E-state index < -0.39 is 0 Å². The van der Waals surface area contributed by atoms with Gasteiger partial charge in [-0.3, -0.25) is 0 Å². The lowest BCUT2D eigenvalue weighted by Gasteiger charge is -2.05. The van der Waals surface area contributed by atoms with Crippen molar-refractivity contribution in [3.63, 3.8) is 0 Å². The summed E-state index contributed by atoms with van der Waals surface area (Å²) < 4.78 is 0. The highest BCUT2D eigenvalue weighted by Gasteiger charge is 2.04. The fourth-order valence-electron chi connectivity index (χ4n) is 2.31. The van der Waals surface area contributed by atoms with Crippen molar-refractivity contribution < 1.29 is 0 Å². The van der Waals surface area contributed by atoms with Crippen LogP contribution in [0.1, 0.15) is 75.7 Å². The Morgan fingerprint density at radius 3 is 2.19 bits per heavy atom. The minimum Gasteiger partial charge on any atom is -0.316 e. The van der Waals surface area contributed by atoms with Crippen molar-refractivity contribution in [2.24, 2.45) is 5.92 Å². The highest BCUT2D eigenvalue weighted by atomic mass is 32.1. The number of hydrogen-bond donors (Lipinski definition) is 1. The first-order chi connectivity index (χ1) is 10.2.